The number of aromatic nitrogens is 1. The largest absolute Gasteiger partial charge is 0.309 e. The van der Waals surface area contributed by atoms with Crippen LogP contribution in [0.5, 0.6) is 0 Å². The first-order chi connectivity index (χ1) is 9.67. The normalized spacial score (nSPS) is 12.6. The van der Waals surface area contributed by atoms with Crippen molar-refractivity contribution >= 4 is 23.1 Å². The summed E-state index contributed by atoms with van der Waals surface area (Å²) in [6.07, 6.45) is 4.90. The maximum atomic E-state index is 14.1. The van der Waals surface area contributed by atoms with Crippen LogP contribution >= 0.6 is 23.1 Å². The van der Waals surface area contributed by atoms with Crippen molar-refractivity contribution in [2.24, 2.45) is 0 Å². The number of rotatable bonds is 6. The Hall–Kier alpha value is -0.910. The Labute approximate surface area is 127 Å². The van der Waals surface area contributed by atoms with E-state index in [1.54, 1.807) is 29.2 Å². The molecule has 0 saturated carbocycles. The van der Waals surface area contributed by atoms with Crippen LogP contribution in [0.3, 0.4) is 0 Å². The SMILES string of the molecule is CCCNC(C)c1cnc(-c2c(F)cccc2SC)s1. The van der Waals surface area contributed by atoms with Crippen molar-refractivity contribution in [3.8, 4) is 10.6 Å². The molecular weight excluding hydrogens is 291 g/mol. The number of hydrogen-bond donors (Lipinski definition) is 1. The number of nitrogens with one attached hydrogen (secondary N) is 1. The molecule has 0 amide bonds. The van der Waals surface area contributed by atoms with Gasteiger partial charge in [-0.3, -0.25) is 0 Å². The Bertz CT molecular complexity index is 569. The molecule has 0 aliphatic rings. The first kappa shape index (κ1) is 15.5. The van der Waals surface area contributed by atoms with E-state index in [1.165, 1.54) is 6.07 Å². The number of hydrogen-bond acceptors (Lipinski definition) is 4. The minimum absolute atomic E-state index is 0.202. The van der Waals surface area contributed by atoms with Crippen LogP contribution in [0.1, 0.15) is 31.2 Å². The highest BCUT2D eigenvalue weighted by Crippen LogP contribution is 2.36. The van der Waals surface area contributed by atoms with Crippen molar-refractivity contribution in [2.45, 2.75) is 31.2 Å². The van der Waals surface area contributed by atoms with Crippen molar-refractivity contribution in [1.82, 2.24) is 10.3 Å². The summed E-state index contributed by atoms with van der Waals surface area (Å²) in [4.78, 5) is 6.48. The highest BCUT2D eigenvalue weighted by Gasteiger charge is 2.16. The molecule has 2 nitrogen and oxygen atoms in total. The summed E-state index contributed by atoms with van der Waals surface area (Å²) in [5.74, 6) is -0.202. The first-order valence-corrected chi connectivity index (χ1v) is 8.73. The van der Waals surface area contributed by atoms with Gasteiger partial charge in [0.2, 0.25) is 0 Å². The zero-order chi connectivity index (χ0) is 14.5. The lowest BCUT2D eigenvalue weighted by Gasteiger charge is -2.10. The topological polar surface area (TPSA) is 24.9 Å². The molecule has 0 bridgehead atoms. The molecule has 0 saturated heterocycles. The monoisotopic (exact) mass is 310 g/mol. The van der Waals surface area contributed by atoms with Gasteiger partial charge >= 0.3 is 0 Å². The average molecular weight is 310 g/mol. The first-order valence-electron chi connectivity index (χ1n) is 6.69. The van der Waals surface area contributed by atoms with E-state index in [-0.39, 0.29) is 11.9 Å². The molecule has 108 valence electrons. The van der Waals surface area contributed by atoms with Gasteiger partial charge < -0.3 is 5.32 Å². The van der Waals surface area contributed by atoms with Crippen molar-refractivity contribution in [3.05, 3.63) is 35.1 Å². The van der Waals surface area contributed by atoms with Gasteiger partial charge in [0, 0.05) is 22.0 Å². The molecule has 20 heavy (non-hydrogen) atoms. The molecule has 5 heteroatoms. The van der Waals surface area contributed by atoms with E-state index in [1.807, 2.05) is 18.5 Å². The van der Waals surface area contributed by atoms with Crippen molar-refractivity contribution < 1.29 is 4.39 Å². The van der Waals surface area contributed by atoms with Crippen molar-refractivity contribution in [1.29, 1.82) is 0 Å². The van der Waals surface area contributed by atoms with Crippen LogP contribution in [-0.2, 0) is 0 Å². The summed E-state index contributed by atoms with van der Waals surface area (Å²) in [5.41, 5.74) is 0.624. The van der Waals surface area contributed by atoms with Gasteiger partial charge in [0.05, 0.1) is 5.56 Å². The second-order valence-electron chi connectivity index (χ2n) is 4.56. The highest BCUT2D eigenvalue weighted by molar-refractivity contribution is 7.98. The maximum absolute atomic E-state index is 14.1. The zero-order valence-electron chi connectivity index (χ0n) is 11.9. The van der Waals surface area contributed by atoms with E-state index in [9.17, 15) is 4.39 Å². The molecule has 1 aromatic heterocycles. The Morgan fingerprint density at radius 3 is 2.95 bits per heavy atom. The maximum Gasteiger partial charge on any atom is 0.134 e. The molecule has 0 aliphatic carbocycles. The number of benzene rings is 1. The minimum Gasteiger partial charge on any atom is -0.309 e. The van der Waals surface area contributed by atoms with Gasteiger partial charge in [-0.1, -0.05) is 13.0 Å². The van der Waals surface area contributed by atoms with Crippen LogP contribution in [0.15, 0.2) is 29.3 Å². The third kappa shape index (κ3) is 3.40. The predicted molar refractivity (Wildman–Crippen MR) is 86.0 cm³/mol. The lowest BCUT2D eigenvalue weighted by Crippen LogP contribution is -2.18. The van der Waals surface area contributed by atoms with E-state index in [0.717, 1.165) is 27.7 Å². The number of halogens is 1. The van der Waals surface area contributed by atoms with Crippen LogP contribution < -0.4 is 5.32 Å². The highest BCUT2D eigenvalue weighted by atomic mass is 32.2. The van der Waals surface area contributed by atoms with Crippen LogP contribution in [0.2, 0.25) is 0 Å². The van der Waals surface area contributed by atoms with Gasteiger partial charge in [0.25, 0.3) is 0 Å². The Morgan fingerprint density at radius 1 is 1.45 bits per heavy atom. The lowest BCUT2D eigenvalue weighted by atomic mass is 10.2. The van der Waals surface area contributed by atoms with Crippen LogP contribution in [0, 0.1) is 5.82 Å². The number of thiazole rings is 1. The molecule has 0 spiro atoms. The minimum atomic E-state index is -0.202. The smallest absolute Gasteiger partial charge is 0.134 e. The summed E-state index contributed by atoms with van der Waals surface area (Å²) in [6, 6.07) is 5.42. The van der Waals surface area contributed by atoms with Gasteiger partial charge in [-0.15, -0.1) is 23.1 Å². The van der Waals surface area contributed by atoms with Crippen LogP contribution in [0.4, 0.5) is 4.39 Å². The zero-order valence-corrected chi connectivity index (χ0v) is 13.6. The fraction of sp³-hybridized carbons (Fsp3) is 0.400. The molecule has 2 rings (SSSR count). The van der Waals surface area contributed by atoms with E-state index < -0.39 is 0 Å². The van der Waals surface area contributed by atoms with Crippen molar-refractivity contribution in [2.75, 3.05) is 12.8 Å². The van der Waals surface area contributed by atoms with Crippen LogP contribution in [0.25, 0.3) is 10.6 Å². The summed E-state index contributed by atoms with van der Waals surface area (Å²) >= 11 is 3.11. The van der Waals surface area contributed by atoms with E-state index in [0.29, 0.717) is 5.56 Å². The number of thioether (sulfide) groups is 1. The van der Waals surface area contributed by atoms with Crippen molar-refractivity contribution in [3.63, 3.8) is 0 Å². The van der Waals surface area contributed by atoms with Gasteiger partial charge in [-0.25, -0.2) is 9.37 Å². The molecule has 2 aromatic rings. The van der Waals surface area contributed by atoms with Gasteiger partial charge in [0.1, 0.15) is 10.8 Å². The molecule has 0 fully saturated rings. The molecule has 0 radical (unpaired) electrons. The average Bonchev–Trinajstić information content (AvgIpc) is 2.93. The second kappa shape index (κ2) is 7.20. The van der Waals surface area contributed by atoms with E-state index in [2.05, 4.69) is 24.1 Å². The Kier molecular flexibility index (Phi) is 5.57. The Morgan fingerprint density at radius 2 is 2.25 bits per heavy atom. The molecule has 1 heterocycles. The third-order valence-corrected chi connectivity index (χ3v) is 5.04. The van der Waals surface area contributed by atoms with Crippen LogP contribution in [-0.4, -0.2) is 17.8 Å². The fourth-order valence-electron chi connectivity index (χ4n) is 1.95. The molecule has 0 aliphatic heterocycles. The standard InChI is InChI=1S/C15H19FN2S2/c1-4-8-17-10(2)13-9-18-15(20-13)14-11(16)6-5-7-12(14)19-3/h5-7,9-10,17H,4,8H2,1-3H3. The molecule has 1 atom stereocenters. The second-order valence-corrected chi connectivity index (χ2v) is 6.47. The predicted octanol–water partition coefficient (Wildman–Crippen LogP) is 4.73. The Balaban J connectivity index is 2.29. The summed E-state index contributed by atoms with van der Waals surface area (Å²) in [7, 11) is 0. The summed E-state index contributed by atoms with van der Waals surface area (Å²) < 4.78 is 14.1. The molecule has 1 N–H and O–H groups in total. The quantitative estimate of drug-likeness (QED) is 0.781. The summed E-state index contributed by atoms with van der Waals surface area (Å²) in [6.45, 7) is 5.23. The molecule has 1 aromatic carbocycles. The third-order valence-electron chi connectivity index (χ3n) is 3.06. The molecular formula is C15H19FN2S2. The van der Waals surface area contributed by atoms with Gasteiger partial charge in [0.15, 0.2) is 0 Å². The van der Waals surface area contributed by atoms with E-state index in [4.69, 9.17) is 0 Å². The molecule has 1 unspecified atom stereocenters. The lowest BCUT2D eigenvalue weighted by molar-refractivity contribution is 0.577. The number of nitrogens with zero attached hydrogens (tertiary/aromatic N) is 1. The summed E-state index contributed by atoms with van der Waals surface area (Å²) in [5, 5.41) is 4.19. The van der Waals surface area contributed by atoms with Gasteiger partial charge in [-0.05, 0) is 38.3 Å². The van der Waals surface area contributed by atoms with E-state index >= 15 is 0 Å². The fourth-order valence-corrected chi connectivity index (χ4v) is 3.63. The van der Waals surface area contributed by atoms with Gasteiger partial charge in [-0.2, -0.15) is 0 Å².